The number of hydrogen-bond donors (Lipinski definition) is 2. The molecule has 0 bridgehead atoms. The molecule has 1 heterocycles. The molecular weight excluding hydrogens is 146 g/mol. The molecule has 11 heavy (non-hydrogen) atoms. The molecule has 0 aromatic heterocycles. The molecule has 0 spiro atoms. The van der Waals surface area contributed by atoms with Gasteiger partial charge in [-0.3, -0.25) is 0 Å². The van der Waals surface area contributed by atoms with Gasteiger partial charge in [0.2, 0.25) is 0 Å². The molecule has 0 amide bonds. The molecule has 0 aliphatic carbocycles. The molecule has 1 rings (SSSR count). The summed E-state index contributed by atoms with van der Waals surface area (Å²) in [4.78, 5) is 10.4. The molecule has 60 valence electrons. The standard InChI is InChI=1S/C7H9NO3/c1-11-6-4-5(7(9)10)2-3-8-6/h2-4,6,8H,1H3,(H,9,10). The van der Waals surface area contributed by atoms with Crippen LogP contribution in [0, 0.1) is 0 Å². The van der Waals surface area contributed by atoms with Gasteiger partial charge in [-0.05, 0) is 18.4 Å². The first-order valence-corrected chi connectivity index (χ1v) is 3.14. The number of rotatable bonds is 2. The van der Waals surface area contributed by atoms with Crippen molar-refractivity contribution in [3.8, 4) is 0 Å². The Morgan fingerprint density at radius 1 is 1.82 bits per heavy atom. The van der Waals surface area contributed by atoms with E-state index in [-0.39, 0.29) is 11.8 Å². The van der Waals surface area contributed by atoms with Crippen LogP contribution in [0.2, 0.25) is 0 Å². The number of hydrogen-bond acceptors (Lipinski definition) is 3. The summed E-state index contributed by atoms with van der Waals surface area (Å²) in [6, 6.07) is 0. The Morgan fingerprint density at radius 2 is 2.55 bits per heavy atom. The third-order valence-corrected chi connectivity index (χ3v) is 1.36. The van der Waals surface area contributed by atoms with Crippen LogP contribution in [-0.4, -0.2) is 24.4 Å². The van der Waals surface area contributed by atoms with E-state index < -0.39 is 5.97 Å². The van der Waals surface area contributed by atoms with Gasteiger partial charge in [-0.15, -0.1) is 0 Å². The SMILES string of the molecule is COC1C=C(C(=O)O)C=CN1. The second-order valence-corrected chi connectivity index (χ2v) is 2.08. The molecule has 0 saturated carbocycles. The molecule has 4 heteroatoms. The number of methoxy groups -OCH3 is 1. The van der Waals surface area contributed by atoms with Crippen molar-refractivity contribution in [1.82, 2.24) is 5.32 Å². The number of aliphatic carboxylic acids is 1. The predicted molar refractivity (Wildman–Crippen MR) is 38.8 cm³/mol. The van der Waals surface area contributed by atoms with Gasteiger partial charge in [0.05, 0.1) is 5.57 Å². The lowest BCUT2D eigenvalue weighted by Crippen LogP contribution is -2.27. The summed E-state index contributed by atoms with van der Waals surface area (Å²) in [7, 11) is 1.51. The smallest absolute Gasteiger partial charge is 0.335 e. The summed E-state index contributed by atoms with van der Waals surface area (Å²) in [5.41, 5.74) is 0.246. The minimum Gasteiger partial charge on any atom is -0.478 e. The minimum absolute atomic E-state index is 0.246. The number of nitrogens with one attached hydrogen (secondary N) is 1. The molecule has 0 aromatic carbocycles. The van der Waals surface area contributed by atoms with E-state index in [1.54, 1.807) is 6.20 Å². The Bertz CT molecular complexity index is 220. The van der Waals surface area contributed by atoms with Crippen LogP contribution in [0.25, 0.3) is 0 Å². The van der Waals surface area contributed by atoms with E-state index in [0.717, 1.165) is 0 Å². The van der Waals surface area contributed by atoms with Crippen molar-refractivity contribution in [3.05, 3.63) is 23.9 Å². The maximum Gasteiger partial charge on any atom is 0.335 e. The van der Waals surface area contributed by atoms with Gasteiger partial charge in [0, 0.05) is 7.11 Å². The van der Waals surface area contributed by atoms with Crippen LogP contribution in [0.1, 0.15) is 0 Å². The quantitative estimate of drug-likeness (QED) is 0.593. The zero-order valence-electron chi connectivity index (χ0n) is 6.07. The first-order valence-electron chi connectivity index (χ1n) is 3.14. The largest absolute Gasteiger partial charge is 0.478 e. The Hall–Kier alpha value is -1.29. The molecule has 0 saturated heterocycles. The number of dihydropyridines is 1. The molecule has 1 unspecified atom stereocenters. The maximum absolute atomic E-state index is 10.4. The van der Waals surface area contributed by atoms with E-state index in [2.05, 4.69) is 5.32 Å². The number of carboxylic acid groups (broad SMARTS) is 1. The summed E-state index contributed by atoms with van der Waals surface area (Å²) in [6.45, 7) is 0. The molecule has 0 aromatic rings. The molecule has 0 fully saturated rings. The van der Waals surface area contributed by atoms with Crippen molar-refractivity contribution >= 4 is 5.97 Å². The summed E-state index contributed by atoms with van der Waals surface area (Å²) in [5.74, 6) is -0.940. The van der Waals surface area contributed by atoms with E-state index in [4.69, 9.17) is 9.84 Å². The predicted octanol–water partition coefficient (Wildman–Crippen LogP) is 0.0868. The van der Waals surface area contributed by atoms with Gasteiger partial charge in [-0.25, -0.2) is 4.79 Å². The fourth-order valence-electron chi connectivity index (χ4n) is 0.778. The van der Waals surface area contributed by atoms with Crippen LogP contribution in [-0.2, 0) is 9.53 Å². The topological polar surface area (TPSA) is 58.6 Å². The Labute approximate surface area is 64.2 Å². The van der Waals surface area contributed by atoms with Gasteiger partial charge < -0.3 is 15.2 Å². The monoisotopic (exact) mass is 155 g/mol. The van der Waals surface area contributed by atoms with Gasteiger partial charge in [-0.2, -0.15) is 0 Å². The first-order chi connectivity index (χ1) is 5.24. The first kappa shape index (κ1) is 7.81. The highest BCUT2D eigenvalue weighted by Crippen LogP contribution is 2.04. The molecule has 1 aliphatic rings. The van der Waals surface area contributed by atoms with E-state index in [9.17, 15) is 4.79 Å². The number of ether oxygens (including phenoxy) is 1. The second-order valence-electron chi connectivity index (χ2n) is 2.08. The van der Waals surface area contributed by atoms with Crippen LogP contribution < -0.4 is 5.32 Å². The van der Waals surface area contributed by atoms with Crippen LogP contribution in [0.15, 0.2) is 23.9 Å². The van der Waals surface area contributed by atoms with Crippen LogP contribution in [0.3, 0.4) is 0 Å². The zero-order chi connectivity index (χ0) is 8.27. The van der Waals surface area contributed by atoms with Crippen LogP contribution in [0.5, 0.6) is 0 Å². The Morgan fingerprint density at radius 3 is 3.09 bits per heavy atom. The van der Waals surface area contributed by atoms with Crippen molar-refractivity contribution in [2.75, 3.05) is 7.11 Å². The molecule has 1 atom stereocenters. The maximum atomic E-state index is 10.4. The summed E-state index contributed by atoms with van der Waals surface area (Å²) in [6.07, 6.45) is 4.21. The fourth-order valence-corrected chi connectivity index (χ4v) is 0.778. The fraction of sp³-hybridized carbons (Fsp3) is 0.286. The highest BCUT2D eigenvalue weighted by atomic mass is 16.5. The highest BCUT2D eigenvalue weighted by Gasteiger charge is 2.11. The van der Waals surface area contributed by atoms with Crippen molar-refractivity contribution in [1.29, 1.82) is 0 Å². The van der Waals surface area contributed by atoms with Gasteiger partial charge >= 0.3 is 5.97 Å². The average molecular weight is 155 g/mol. The molecular formula is C7H9NO3. The third-order valence-electron chi connectivity index (χ3n) is 1.36. The van der Waals surface area contributed by atoms with Gasteiger partial charge in [-0.1, -0.05) is 0 Å². The summed E-state index contributed by atoms with van der Waals surface area (Å²) in [5, 5.41) is 11.4. The van der Waals surface area contributed by atoms with Crippen molar-refractivity contribution < 1.29 is 14.6 Å². The molecule has 2 N–H and O–H groups in total. The van der Waals surface area contributed by atoms with E-state index in [0.29, 0.717) is 0 Å². The van der Waals surface area contributed by atoms with Gasteiger partial charge in [0.25, 0.3) is 0 Å². The Balaban J connectivity index is 2.71. The van der Waals surface area contributed by atoms with Crippen molar-refractivity contribution in [3.63, 3.8) is 0 Å². The second kappa shape index (κ2) is 3.21. The van der Waals surface area contributed by atoms with E-state index in [1.165, 1.54) is 19.3 Å². The number of carboxylic acids is 1. The van der Waals surface area contributed by atoms with Crippen molar-refractivity contribution in [2.45, 2.75) is 6.23 Å². The van der Waals surface area contributed by atoms with Gasteiger partial charge in [0.15, 0.2) is 0 Å². The number of carbonyl (C=O) groups is 1. The lowest BCUT2D eigenvalue weighted by molar-refractivity contribution is -0.132. The van der Waals surface area contributed by atoms with Crippen LogP contribution in [0.4, 0.5) is 0 Å². The average Bonchev–Trinajstić information content (AvgIpc) is 2.05. The lowest BCUT2D eigenvalue weighted by atomic mass is 10.2. The molecule has 1 aliphatic heterocycles. The lowest BCUT2D eigenvalue weighted by Gasteiger charge is -2.15. The third kappa shape index (κ3) is 1.81. The minimum atomic E-state index is -0.940. The summed E-state index contributed by atoms with van der Waals surface area (Å²) >= 11 is 0. The van der Waals surface area contributed by atoms with E-state index >= 15 is 0 Å². The van der Waals surface area contributed by atoms with Crippen molar-refractivity contribution in [2.24, 2.45) is 0 Å². The molecule has 0 radical (unpaired) electrons. The molecule has 4 nitrogen and oxygen atoms in total. The zero-order valence-corrected chi connectivity index (χ0v) is 6.07. The van der Waals surface area contributed by atoms with Crippen LogP contribution >= 0.6 is 0 Å². The summed E-state index contributed by atoms with van der Waals surface area (Å²) < 4.78 is 4.87. The Kier molecular flexibility index (Phi) is 2.28. The normalized spacial score (nSPS) is 22.3. The van der Waals surface area contributed by atoms with Gasteiger partial charge in [0.1, 0.15) is 6.23 Å². The van der Waals surface area contributed by atoms with E-state index in [1.807, 2.05) is 0 Å². The highest BCUT2D eigenvalue weighted by molar-refractivity contribution is 5.90.